The van der Waals surface area contributed by atoms with Gasteiger partial charge in [-0.25, -0.2) is 9.18 Å². The first-order valence-electron chi connectivity index (χ1n) is 12.8. The van der Waals surface area contributed by atoms with Gasteiger partial charge < -0.3 is 15.0 Å². The number of ether oxygens (including phenoxy) is 1. The Labute approximate surface area is 226 Å². The first kappa shape index (κ1) is 27.2. The van der Waals surface area contributed by atoms with Crippen LogP contribution in [0.1, 0.15) is 77.8 Å². The third-order valence-electron chi connectivity index (χ3n) is 7.57. The lowest BCUT2D eigenvalue weighted by molar-refractivity contribution is -0.128. The van der Waals surface area contributed by atoms with Crippen LogP contribution in [0.3, 0.4) is 0 Å². The maximum absolute atomic E-state index is 15.6. The molecule has 3 atom stereocenters. The molecule has 2 bridgehead atoms. The summed E-state index contributed by atoms with van der Waals surface area (Å²) in [5.41, 5.74) is 2.05. The summed E-state index contributed by atoms with van der Waals surface area (Å²) in [7, 11) is 0. The maximum Gasteiger partial charge on any atom is 0.410 e. The fourth-order valence-corrected chi connectivity index (χ4v) is 6.72. The maximum atomic E-state index is 15.6. The second-order valence-electron chi connectivity index (χ2n) is 11.2. The molecule has 1 aromatic carbocycles. The number of benzene rings is 1. The first-order chi connectivity index (χ1) is 16.9. The van der Waals surface area contributed by atoms with Crippen LogP contribution in [0.15, 0.2) is 28.4 Å². The highest BCUT2D eigenvalue weighted by Gasteiger charge is 2.64. The van der Waals surface area contributed by atoms with Crippen molar-refractivity contribution in [1.29, 1.82) is 0 Å². The Balaban J connectivity index is 1.85. The van der Waals surface area contributed by atoms with E-state index >= 15 is 4.39 Å². The molecule has 0 radical (unpaired) electrons. The van der Waals surface area contributed by atoms with Crippen LogP contribution in [0.25, 0.3) is 5.57 Å². The van der Waals surface area contributed by atoms with Crippen molar-refractivity contribution in [3.05, 3.63) is 50.4 Å². The quantitative estimate of drug-likeness (QED) is 0.356. The second-order valence-corrected chi connectivity index (χ2v) is 12.4. The number of carbonyl (C=O) groups is 2. The number of hydrogen-bond acceptors (Lipinski definition) is 3. The summed E-state index contributed by atoms with van der Waals surface area (Å²) in [5.74, 6) is -0.597. The van der Waals surface area contributed by atoms with E-state index in [1.54, 1.807) is 11.0 Å². The molecule has 1 N–H and O–H groups in total. The van der Waals surface area contributed by atoms with Crippen LogP contribution < -0.4 is 5.32 Å². The number of likely N-dealkylation sites (tertiary alicyclic amines) is 1. The van der Waals surface area contributed by atoms with E-state index < -0.39 is 11.0 Å². The third kappa shape index (κ3) is 4.40. The summed E-state index contributed by atoms with van der Waals surface area (Å²) in [5, 5.41) is 3.41. The average Bonchev–Trinajstić information content (AvgIpc) is 3.45. The van der Waals surface area contributed by atoms with Crippen molar-refractivity contribution in [2.75, 3.05) is 6.54 Å². The van der Waals surface area contributed by atoms with E-state index in [-0.39, 0.29) is 39.3 Å². The lowest BCUT2D eigenvalue weighted by Crippen LogP contribution is -2.49. The number of hydrogen-bond donors (Lipinski definition) is 1. The van der Waals surface area contributed by atoms with Crippen LogP contribution in [-0.2, 0) is 16.0 Å². The Morgan fingerprint density at radius 3 is 2.61 bits per heavy atom. The summed E-state index contributed by atoms with van der Waals surface area (Å²) in [6.07, 6.45) is 3.63. The molecular weight excluding hydrogens is 547 g/mol. The van der Waals surface area contributed by atoms with Gasteiger partial charge in [-0.1, -0.05) is 44.9 Å². The highest BCUT2D eigenvalue weighted by atomic mass is 79.9. The molecule has 8 heteroatoms. The Morgan fingerprint density at radius 2 is 2.06 bits per heavy atom. The standard InChI is InChI=1S/C28H35BrClFN2O3/c1-7-9-15(3)24-21(19-12-20(30)22(29)23(31)18(19)10-8-2)28(25(34)32-24)13-17-11-16(28)14-33(17)26(35)36-27(4,5)6/h12,16-17H,3,7-11,13-14H2,1-2,4-6H3,(H,32,34). The predicted octanol–water partition coefficient (Wildman–Crippen LogP) is 7.41. The van der Waals surface area contributed by atoms with Crippen LogP contribution in [0, 0.1) is 17.2 Å². The van der Waals surface area contributed by atoms with Crippen LogP contribution in [0.4, 0.5) is 9.18 Å². The summed E-state index contributed by atoms with van der Waals surface area (Å²) >= 11 is 9.79. The number of nitrogens with one attached hydrogen (secondary N) is 1. The number of amides is 2. The van der Waals surface area contributed by atoms with Crippen LogP contribution >= 0.6 is 27.5 Å². The smallest absolute Gasteiger partial charge is 0.410 e. The molecule has 36 heavy (non-hydrogen) atoms. The van der Waals surface area contributed by atoms with E-state index in [2.05, 4.69) is 34.7 Å². The van der Waals surface area contributed by atoms with Gasteiger partial charge in [-0.2, -0.15) is 0 Å². The zero-order valence-corrected chi connectivity index (χ0v) is 24.0. The SMILES string of the molecule is C=C(CCC)C1=C(c2cc(Cl)c(Br)c(F)c2CCC)C2(CC3CC2CN3C(=O)OC(C)(C)C)C(=O)N1. The summed E-state index contributed by atoms with van der Waals surface area (Å²) < 4.78 is 21.5. The molecule has 196 valence electrons. The topological polar surface area (TPSA) is 58.6 Å². The number of fused-ring (bicyclic) bond motifs is 3. The van der Waals surface area contributed by atoms with Crippen molar-refractivity contribution >= 4 is 45.1 Å². The van der Waals surface area contributed by atoms with Crippen LogP contribution in [0.2, 0.25) is 5.02 Å². The number of halogens is 3. The molecule has 5 nitrogen and oxygen atoms in total. The monoisotopic (exact) mass is 580 g/mol. The number of piperidine rings is 1. The van der Waals surface area contributed by atoms with E-state index in [1.807, 2.05) is 27.7 Å². The number of nitrogens with zero attached hydrogens (tertiary/aromatic N) is 1. The summed E-state index contributed by atoms with van der Waals surface area (Å²) in [4.78, 5) is 28.5. The molecule has 1 saturated carbocycles. The van der Waals surface area contributed by atoms with Crippen molar-refractivity contribution in [3.8, 4) is 0 Å². The van der Waals surface area contributed by atoms with Crippen molar-refractivity contribution in [2.24, 2.45) is 11.3 Å². The molecule has 3 unspecified atom stereocenters. The van der Waals surface area contributed by atoms with Gasteiger partial charge in [0, 0.05) is 18.3 Å². The van der Waals surface area contributed by atoms with Gasteiger partial charge in [0.25, 0.3) is 0 Å². The molecule has 0 aromatic heterocycles. The zero-order chi connectivity index (χ0) is 26.6. The summed E-state index contributed by atoms with van der Waals surface area (Å²) in [6.45, 7) is 14.3. The fraction of sp³-hybridized carbons (Fsp3) is 0.571. The number of allylic oxidation sites excluding steroid dienone is 1. The van der Waals surface area contributed by atoms with Crippen LogP contribution in [-0.4, -0.2) is 35.1 Å². The molecule has 2 amide bonds. The minimum Gasteiger partial charge on any atom is -0.444 e. The van der Waals surface area contributed by atoms with Gasteiger partial charge in [0.15, 0.2) is 0 Å². The molecule has 1 saturated heterocycles. The molecule has 1 aliphatic carbocycles. The van der Waals surface area contributed by atoms with Gasteiger partial charge in [-0.05, 0) is 96.6 Å². The Hall–Kier alpha value is -1.86. The highest BCUT2D eigenvalue weighted by Crippen LogP contribution is 2.61. The third-order valence-corrected chi connectivity index (χ3v) is 8.88. The first-order valence-corrected chi connectivity index (χ1v) is 13.9. The molecule has 2 heterocycles. The largest absolute Gasteiger partial charge is 0.444 e. The molecule has 2 aliphatic heterocycles. The van der Waals surface area contributed by atoms with E-state index in [0.29, 0.717) is 49.1 Å². The fourth-order valence-electron chi connectivity index (χ4n) is 6.18. The molecule has 1 spiro atoms. The molecule has 1 aromatic rings. The Kier molecular flexibility index (Phi) is 7.39. The average molecular weight is 582 g/mol. The van der Waals surface area contributed by atoms with E-state index in [1.165, 1.54) is 0 Å². The van der Waals surface area contributed by atoms with Crippen molar-refractivity contribution in [2.45, 2.75) is 84.8 Å². The van der Waals surface area contributed by atoms with Gasteiger partial charge >= 0.3 is 6.09 Å². The molecular formula is C28H35BrClFN2O3. The minimum absolute atomic E-state index is 0.0945. The second kappa shape index (κ2) is 9.79. The van der Waals surface area contributed by atoms with Crippen molar-refractivity contribution in [1.82, 2.24) is 10.2 Å². The molecule has 2 fully saturated rings. The van der Waals surface area contributed by atoms with Gasteiger partial charge in [0.1, 0.15) is 11.4 Å². The van der Waals surface area contributed by atoms with E-state index in [0.717, 1.165) is 24.0 Å². The Morgan fingerprint density at radius 1 is 1.36 bits per heavy atom. The summed E-state index contributed by atoms with van der Waals surface area (Å²) in [6, 6.07) is 1.66. The number of carbonyl (C=O) groups excluding carboxylic acids is 2. The van der Waals surface area contributed by atoms with Crippen LogP contribution in [0.5, 0.6) is 0 Å². The van der Waals surface area contributed by atoms with Gasteiger partial charge in [0.05, 0.1) is 14.9 Å². The number of rotatable bonds is 6. The van der Waals surface area contributed by atoms with E-state index in [9.17, 15) is 9.59 Å². The highest BCUT2D eigenvalue weighted by molar-refractivity contribution is 9.10. The van der Waals surface area contributed by atoms with Gasteiger partial charge in [-0.3, -0.25) is 4.79 Å². The zero-order valence-electron chi connectivity index (χ0n) is 21.7. The van der Waals surface area contributed by atoms with Crippen molar-refractivity contribution < 1.29 is 18.7 Å². The van der Waals surface area contributed by atoms with Gasteiger partial charge in [-0.15, -0.1) is 0 Å². The molecule has 3 aliphatic rings. The minimum atomic E-state index is -0.874. The van der Waals surface area contributed by atoms with Gasteiger partial charge in [0.2, 0.25) is 5.91 Å². The lowest BCUT2D eigenvalue weighted by atomic mass is 9.67. The predicted molar refractivity (Wildman–Crippen MR) is 144 cm³/mol. The van der Waals surface area contributed by atoms with E-state index in [4.69, 9.17) is 16.3 Å². The lowest BCUT2D eigenvalue weighted by Gasteiger charge is -2.39. The Bertz CT molecular complexity index is 1160. The molecule has 4 rings (SSSR count). The van der Waals surface area contributed by atoms with Crippen molar-refractivity contribution in [3.63, 3.8) is 0 Å². The normalized spacial score (nSPS) is 25.2.